The van der Waals surface area contributed by atoms with Gasteiger partial charge >= 0.3 is 0 Å². The summed E-state index contributed by atoms with van der Waals surface area (Å²) in [5, 5.41) is 8.30. The van der Waals surface area contributed by atoms with Crippen molar-refractivity contribution in [3.05, 3.63) is 0 Å². The average Bonchev–Trinajstić information content (AvgIpc) is 2.01. The van der Waals surface area contributed by atoms with Gasteiger partial charge in [-0.05, 0) is 13.8 Å². The number of hydrogen-bond acceptors (Lipinski definition) is 4. The highest BCUT2D eigenvalue weighted by Crippen LogP contribution is 2.18. The molecule has 0 unspecified atom stereocenters. The van der Waals surface area contributed by atoms with Crippen LogP contribution in [0.4, 0.5) is 0 Å². The number of hydroxylamine groups is 1. The topological polar surface area (TPSA) is 95.8 Å². The van der Waals surface area contributed by atoms with Crippen LogP contribution < -0.4 is 5.48 Å². The molecule has 6 nitrogen and oxygen atoms in total. The zero-order chi connectivity index (χ0) is 10.7. The number of hydrogen-bond donors (Lipinski definition) is 2. The summed E-state index contributed by atoms with van der Waals surface area (Å²) in [5.41, 5.74) is 0.159. The molecule has 2 N–H and O–H groups in total. The van der Waals surface area contributed by atoms with E-state index in [4.69, 9.17) is 5.21 Å². The van der Waals surface area contributed by atoms with E-state index >= 15 is 0 Å². The first-order valence-electron chi connectivity index (χ1n) is 3.40. The first-order valence-corrected chi connectivity index (χ1v) is 5.01. The molecule has 13 heavy (non-hydrogen) atoms. The Hall–Kier alpha value is -0.950. The van der Waals surface area contributed by atoms with Gasteiger partial charge in [-0.1, -0.05) is 0 Å². The second kappa shape index (κ2) is 3.84. The Morgan fingerprint density at radius 1 is 1.62 bits per heavy atom. The number of carbonyl (C=O) groups excluding carboxylic acids is 1. The van der Waals surface area contributed by atoms with Crippen LogP contribution in [0.3, 0.4) is 0 Å². The lowest BCUT2D eigenvalue weighted by Gasteiger charge is -2.19. The van der Waals surface area contributed by atoms with Crippen LogP contribution in [0, 0.1) is 5.41 Å². The maximum absolute atomic E-state index is 10.9. The van der Waals surface area contributed by atoms with E-state index in [0.29, 0.717) is 0 Å². The quantitative estimate of drug-likeness (QED) is 0.371. The van der Waals surface area contributed by atoms with Gasteiger partial charge in [0.1, 0.15) is 0 Å². The number of nitrogens with zero attached hydrogens (tertiary/aromatic N) is 1. The highest BCUT2D eigenvalue weighted by molar-refractivity contribution is 7.90. The molecule has 0 saturated heterocycles. The lowest BCUT2D eigenvalue weighted by atomic mass is 9.96. The van der Waals surface area contributed by atoms with Crippen molar-refractivity contribution in [2.75, 3.05) is 5.75 Å². The molecule has 0 radical (unpaired) electrons. The zero-order valence-corrected chi connectivity index (χ0v) is 8.26. The molecular formula is C6H12N2O4S. The van der Waals surface area contributed by atoms with Crippen LogP contribution in [0.25, 0.3) is 0 Å². The Labute approximate surface area is 76.7 Å². The highest BCUT2D eigenvalue weighted by atomic mass is 32.2. The normalized spacial score (nSPS) is 12.2. The Kier molecular flexibility index (Phi) is 3.56. The molecule has 0 aliphatic heterocycles. The highest BCUT2D eigenvalue weighted by Gasteiger charge is 2.32. The molecule has 0 rings (SSSR count). The molecule has 7 heteroatoms. The summed E-state index contributed by atoms with van der Waals surface area (Å²) < 4.78 is 24.8. The fraction of sp³-hybridized carbons (Fsp3) is 0.667. The van der Waals surface area contributed by atoms with Gasteiger partial charge in [-0.25, -0.2) is 13.9 Å². The summed E-state index contributed by atoms with van der Waals surface area (Å²) >= 11 is 0. The molecule has 1 amide bonds. The second-order valence-electron chi connectivity index (χ2n) is 3.18. The summed E-state index contributed by atoms with van der Waals surface area (Å²) in [6, 6.07) is 0. The van der Waals surface area contributed by atoms with E-state index in [1.807, 2.05) is 0 Å². The van der Waals surface area contributed by atoms with E-state index in [1.54, 1.807) is 0 Å². The molecule has 76 valence electrons. The van der Waals surface area contributed by atoms with E-state index in [-0.39, 0.29) is 0 Å². The molecular weight excluding hydrogens is 196 g/mol. The minimum atomic E-state index is -3.69. The number of nitrogens with one attached hydrogen (secondary N) is 1. The maximum Gasteiger partial charge on any atom is 0.253 e. The molecule has 0 aliphatic carbocycles. The molecule has 0 spiro atoms. The van der Waals surface area contributed by atoms with Gasteiger partial charge in [-0.3, -0.25) is 10.0 Å². The van der Waals surface area contributed by atoms with Crippen molar-refractivity contribution in [1.29, 1.82) is 0 Å². The van der Waals surface area contributed by atoms with Crippen molar-refractivity contribution in [3.63, 3.8) is 0 Å². The first-order chi connectivity index (χ1) is 5.75. The van der Waals surface area contributed by atoms with Crippen molar-refractivity contribution in [3.8, 4) is 0 Å². The average molecular weight is 208 g/mol. The second-order valence-corrected chi connectivity index (χ2v) is 4.89. The molecule has 0 aliphatic rings. The standard InChI is InChI=1S/C6H12N2O4S/c1-6(2,5(9)8-10)4-13(11,12)7-3/h10H,3-4H2,1-2H3,(H,8,9). The Balaban J connectivity index is 4.70. The minimum Gasteiger partial charge on any atom is -0.289 e. The van der Waals surface area contributed by atoms with Gasteiger partial charge in [-0.2, -0.15) is 4.40 Å². The third-order valence-corrected chi connectivity index (χ3v) is 2.94. The third kappa shape index (κ3) is 3.51. The van der Waals surface area contributed by atoms with Gasteiger partial charge in [0.05, 0.1) is 11.2 Å². The molecule has 0 bridgehead atoms. The summed E-state index contributed by atoms with van der Waals surface area (Å²) in [6.07, 6.45) is 0. The van der Waals surface area contributed by atoms with Gasteiger partial charge in [0, 0.05) is 6.72 Å². The number of amides is 1. The molecule has 0 fully saturated rings. The van der Waals surface area contributed by atoms with Gasteiger partial charge in [0.2, 0.25) is 5.91 Å². The summed E-state index contributed by atoms with van der Waals surface area (Å²) in [5.74, 6) is -1.27. The molecule has 0 atom stereocenters. The van der Waals surface area contributed by atoms with E-state index in [0.717, 1.165) is 0 Å². The van der Waals surface area contributed by atoms with Crippen molar-refractivity contribution >= 4 is 22.6 Å². The third-order valence-electron chi connectivity index (χ3n) is 1.46. The fourth-order valence-electron chi connectivity index (χ4n) is 0.719. The summed E-state index contributed by atoms with van der Waals surface area (Å²) in [7, 11) is -3.69. The van der Waals surface area contributed by atoms with E-state index in [1.165, 1.54) is 19.3 Å². The summed E-state index contributed by atoms with van der Waals surface area (Å²) in [6.45, 7) is 5.62. The van der Waals surface area contributed by atoms with E-state index in [2.05, 4.69) is 11.1 Å². The van der Waals surface area contributed by atoms with Gasteiger partial charge in [-0.15, -0.1) is 0 Å². The van der Waals surface area contributed by atoms with E-state index in [9.17, 15) is 13.2 Å². The molecule has 0 aromatic carbocycles. The van der Waals surface area contributed by atoms with Crippen LogP contribution >= 0.6 is 0 Å². The lowest BCUT2D eigenvalue weighted by Crippen LogP contribution is -2.39. The van der Waals surface area contributed by atoms with Crippen molar-refractivity contribution in [2.24, 2.45) is 9.81 Å². The predicted octanol–water partition coefficient (Wildman–Crippen LogP) is -0.452. The van der Waals surface area contributed by atoms with Crippen molar-refractivity contribution in [2.45, 2.75) is 13.8 Å². The van der Waals surface area contributed by atoms with Crippen LogP contribution in [0.2, 0.25) is 0 Å². The predicted molar refractivity (Wildman–Crippen MR) is 47.0 cm³/mol. The van der Waals surface area contributed by atoms with Crippen LogP contribution in [0.1, 0.15) is 13.8 Å². The summed E-state index contributed by atoms with van der Waals surface area (Å²) in [4.78, 5) is 10.9. The molecule has 0 saturated carbocycles. The number of carbonyl (C=O) groups is 1. The van der Waals surface area contributed by atoms with Gasteiger partial charge in [0.15, 0.2) is 0 Å². The van der Waals surface area contributed by atoms with Crippen LogP contribution in [0.5, 0.6) is 0 Å². The molecule has 0 aromatic rings. The Morgan fingerprint density at radius 2 is 2.08 bits per heavy atom. The van der Waals surface area contributed by atoms with Crippen molar-refractivity contribution < 1.29 is 18.4 Å². The number of rotatable bonds is 4. The maximum atomic E-state index is 10.9. The smallest absolute Gasteiger partial charge is 0.253 e. The number of sulfonamides is 1. The minimum absolute atomic E-state index is 0.490. The largest absolute Gasteiger partial charge is 0.289 e. The lowest BCUT2D eigenvalue weighted by molar-refractivity contribution is -0.136. The zero-order valence-electron chi connectivity index (χ0n) is 7.44. The Bertz CT molecular complexity index is 307. The molecule has 0 aromatic heterocycles. The van der Waals surface area contributed by atoms with E-state index < -0.39 is 27.1 Å². The van der Waals surface area contributed by atoms with Crippen LogP contribution in [-0.2, 0) is 14.8 Å². The Morgan fingerprint density at radius 3 is 2.38 bits per heavy atom. The fourth-order valence-corrected chi connectivity index (χ4v) is 1.85. The van der Waals surface area contributed by atoms with Crippen molar-refractivity contribution in [1.82, 2.24) is 5.48 Å². The van der Waals surface area contributed by atoms with Gasteiger partial charge in [0.25, 0.3) is 10.0 Å². The first kappa shape index (κ1) is 12.0. The van der Waals surface area contributed by atoms with Crippen LogP contribution in [-0.4, -0.2) is 32.0 Å². The molecule has 0 heterocycles. The SMILES string of the molecule is C=NS(=O)(=O)CC(C)(C)C(=O)NO. The van der Waals surface area contributed by atoms with Gasteiger partial charge < -0.3 is 0 Å². The van der Waals surface area contributed by atoms with Crippen LogP contribution in [0.15, 0.2) is 4.40 Å². The monoisotopic (exact) mass is 208 g/mol.